The van der Waals surface area contributed by atoms with Crippen LogP contribution in [0, 0.1) is 0 Å². The summed E-state index contributed by atoms with van der Waals surface area (Å²) in [4.78, 5) is 24.2. The van der Waals surface area contributed by atoms with Crippen LogP contribution in [0.5, 0.6) is 0 Å². The Bertz CT molecular complexity index is 1310. The van der Waals surface area contributed by atoms with Crippen LogP contribution in [0.1, 0.15) is 62.0 Å². The van der Waals surface area contributed by atoms with Crippen LogP contribution in [0.2, 0.25) is 0 Å². The monoisotopic (exact) mass is 455 g/mol. The number of aromatic nitrogens is 3. The minimum atomic E-state index is -0.345. The molecule has 6 heteroatoms. The van der Waals surface area contributed by atoms with Gasteiger partial charge in [0.15, 0.2) is 0 Å². The highest BCUT2D eigenvalue weighted by molar-refractivity contribution is 6.09. The van der Waals surface area contributed by atoms with Crippen molar-refractivity contribution in [3.05, 3.63) is 71.8 Å². The average Bonchev–Trinajstić information content (AvgIpc) is 3.17. The molecule has 2 N–H and O–H groups in total. The smallest absolute Gasteiger partial charge is 0.237 e. The molecule has 0 radical (unpaired) electrons. The topological polar surface area (TPSA) is 77.0 Å². The summed E-state index contributed by atoms with van der Waals surface area (Å²) in [5.41, 5.74) is 11.3. The summed E-state index contributed by atoms with van der Waals surface area (Å²) in [6.45, 7) is 4.11. The highest BCUT2D eigenvalue weighted by Crippen LogP contribution is 2.36. The number of unbranched alkanes of at least 4 members (excludes halogenated alkanes) is 2. The van der Waals surface area contributed by atoms with Crippen LogP contribution in [0.3, 0.4) is 0 Å². The van der Waals surface area contributed by atoms with Crippen molar-refractivity contribution in [2.24, 2.45) is 5.73 Å². The van der Waals surface area contributed by atoms with E-state index in [2.05, 4.69) is 36.1 Å². The van der Waals surface area contributed by atoms with E-state index in [1.165, 1.54) is 30.5 Å². The van der Waals surface area contributed by atoms with Crippen LogP contribution in [-0.4, -0.2) is 31.9 Å². The molecule has 6 nitrogen and oxygen atoms in total. The van der Waals surface area contributed by atoms with Gasteiger partial charge >= 0.3 is 0 Å². The first kappa shape index (κ1) is 22.5. The van der Waals surface area contributed by atoms with Gasteiger partial charge in [-0.1, -0.05) is 44.0 Å². The third-order valence-electron chi connectivity index (χ3n) is 7.08. The quantitative estimate of drug-likeness (QED) is 0.355. The number of rotatable bonds is 9. The van der Waals surface area contributed by atoms with Gasteiger partial charge in [-0.2, -0.15) is 0 Å². The molecule has 0 unspecified atom stereocenters. The zero-order valence-electron chi connectivity index (χ0n) is 19.9. The van der Waals surface area contributed by atoms with E-state index in [1.54, 1.807) is 0 Å². The number of pyridine rings is 2. The molecule has 3 heterocycles. The molecule has 0 saturated heterocycles. The van der Waals surface area contributed by atoms with E-state index < -0.39 is 0 Å². The molecule has 1 aliphatic carbocycles. The number of benzene rings is 1. The normalized spacial score (nSPS) is 15.8. The molecule has 5 rings (SSSR count). The van der Waals surface area contributed by atoms with E-state index in [0.29, 0.717) is 0 Å². The molecule has 34 heavy (non-hydrogen) atoms. The molecule has 1 atom stereocenters. The van der Waals surface area contributed by atoms with Crippen molar-refractivity contribution < 1.29 is 4.79 Å². The molecule has 0 spiro atoms. The molecule has 1 aromatic carbocycles. The molecular weight excluding hydrogens is 422 g/mol. The van der Waals surface area contributed by atoms with Crippen molar-refractivity contribution in [3.63, 3.8) is 0 Å². The number of primary amides is 1. The second-order valence-corrected chi connectivity index (χ2v) is 9.36. The largest absolute Gasteiger partial charge is 0.368 e. The zero-order chi connectivity index (χ0) is 23.5. The molecule has 1 amide bonds. The Labute approximate surface area is 200 Å². The summed E-state index contributed by atoms with van der Waals surface area (Å²) < 4.78 is 2.05. The first-order valence-electron chi connectivity index (χ1n) is 12.5. The van der Waals surface area contributed by atoms with Crippen molar-refractivity contribution in [3.8, 4) is 0 Å². The number of carbonyl (C=O) groups is 1. The highest BCUT2D eigenvalue weighted by Gasteiger charge is 2.28. The van der Waals surface area contributed by atoms with Crippen LogP contribution in [-0.2, 0) is 24.3 Å². The molecule has 176 valence electrons. The third kappa shape index (κ3) is 4.30. The van der Waals surface area contributed by atoms with Crippen LogP contribution in [0.15, 0.2) is 54.9 Å². The molecular formula is C28H33N5O. The summed E-state index contributed by atoms with van der Waals surface area (Å²) in [6, 6.07) is 14.8. The van der Waals surface area contributed by atoms with Crippen molar-refractivity contribution in [1.82, 2.24) is 19.4 Å². The van der Waals surface area contributed by atoms with Gasteiger partial charge in [0, 0.05) is 35.2 Å². The number of fused-ring (bicyclic) bond motifs is 4. The Kier molecular flexibility index (Phi) is 6.59. The van der Waals surface area contributed by atoms with Gasteiger partial charge in [0.25, 0.3) is 0 Å². The molecule has 0 fully saturated rings. The van der Waals surface area contributed by atoms with Gasteiger partial charge in [-0.05, 0) is 56.0 Å². The fourth-order valence-corrected chi connectivity index (χ4v) is 5.55. The van der Waals surface area contributed by atoms with E-state index in [-0.39, 0.29) is 18.5 Å². The van der Waals surface area contributed by atoms with E-state index >= 15 is 0 Å². The van der Waals surface area contributed by atoms with Gasteiger partial charge < -0.3 is 10.3 Å². The van der Waals surface area contributed by atoms with Gasteiger partial charge in [0.05, 0.1) is 22.9 Å². The lowest BCUT2D eigenvalue weighted by molar-refractivity contribution is -0.118. The van der Waals surface area contributed by atoms with E-state index in [0.717, 1.165) is 59.9 Å². The first-order valence-corrected chi connectivity index (χ1v) is 12.5. The van der Waals surface area contributed by atoms with Crippen molar-refractivity contribution >= 4 is 27.7 Å². The molecule has 1 aliphatic rings. The van der Waals surface area contributed by atoms with Crippen LogP contribution in [0.4, 0.5) is 0 Å². The van der Waals surface area contributed by atoms with Gasteiger partial charge in [-0.25, -0.2) is 0 Å². The SMILES string of the molecule is CCCCCN(Cc1nccc2c3ccccc3n(CC(N)=O)c12)[C@H]1CCCc2cccnc21. The summed E-state index contributed by atoms with van der Waals surface area (Å²) >= 11 is 0. The minimum absolute atomic E-state index is 0.145. The van der Waals surface area contributed by atoms with E-state index in [4.69, 9.17) is 15.7 Å². The van der Waals surface area contributed by atoms with Crippen LogP contribution >= 0.6 is 0 Å². The number of para-hydroxylation sites is 1. The number of nitrogens with two attached hydrogens (primary N) is 1. The van der Waals surface area contributed by atoms with Crippen LogP contribution < -0.4 is 5.73 Å². The second kappa shape index (κ2) is 9.94. The average molecular weight is 456 g/mol. The third-order valence-corrected chi connectivity index (χ3v) is 7.08. The Hall–Kier alpha value is -3.25. The molecule has 4 aromatic rings. The van der Waals surface area contributed by atoms with Crippen LogP contribution in [0.25, 0.3) is 21.8 Å². The Morgan fingerprint density at radius 2 is 1.97 bits per heavy atom. The maximum absolute atomic E-state index is 12.0. The van der Waals surface area contributed by atoms with Crippen molar-refractivity contribution in [2.45, 2.75) is 64.6 Å². The summed E-state index contributed by atoms with van der Waals surface area (Å²) in [6.07, 6.45) is 10.7. The van der Waals surface area contributed by atoms with Gasteiger partial charge in [-0.15, -0.1) is 0 Å². The lowest BCUT2D eigenvalue weighted by Crippen LogP contribution is -2.33. The fraction of sp³-hybridized carbons (Fsp3) is 0.393. The highest BCUT2D eigenvalue weighted by atomic mass is 16.1. The predicted molar refractivity (Wildman–Crippen MR) is 136 cm³/mol. The number of hydrogen-bond donors (Lipinski definition) is 1. The molecule has 0 saturated carbocycles. The van der Waals surface area contributed by atoms with Crippen molar-refractivity contribution in [1.29, 1.82) is 0 Å². The number of carbonyl (C=O) groups excluding carboxylic acids is 1. The minimum Gasteiger partial charge on any atom is -0.368 e. The summed E-state index contributed by atoms with van der Waals surface area (Å²) in [5.74, 6) is -0.345. The van der Waals surface area contributed by atoms with Gasteiger partial charge in [-0.3, -0.25) is 19.7 Å². The van der Waals surface area contributed by atoms with Crippen molar-refractivity contribution in [2.75, 3.05) is 6.54 Å². The van der Waals surface area contributed by atoms with E-state index in [1.807, 2.05) is 35.2 Å². The number of hydrogen-bond acceptors (Lipinski definition) is 4. The maximum Gasteiger partial charge on any atom is 0.237 e. The zero-order valence-corrected chi connectivity index (χ0v) is 19.9. The summed E-state index contributed by atoms with van der Waals surface area (Å²) in [5, 5.41) is 2.25. The predicted octanol–water partition coefficient (Wildman–Crippen LogP) is 5.14. The Balaban J connectivity index is 1.60. The lowest BCUT2D eigenvalue weighted by Gasteiger charge is -2.35. The second-order valence-electron chi connectivity index (χ2n) is 9.36. The number of aryl methyl sites for hydroxylation is 1. The standard InChI is InChI=1S/C28H33N5O/c1-2-3-6-17-32(25-13-7-9-20-10-8-15-31-27(20)25)18-23-28-22(14-16-30-23)21-11-4-5-12-24(21)33(28)19-26(29)34/h4-5,8,10-12,14-16,25H,2-3,6-7,9,13,17-19H2,1H3,(H2,29,34)/t25-/m0/s1. The lowest BCUT2D eigenvalue weighted by atomic mass is 9.90. The van der Waals surface area contributed by atoms with E-state index in [9.17, 15) is 4.79 Å². The Morgan fingerprint density at radius 3 is 2.82 bits per heavy atom. The summed E-state index contributed by atoms with van der Waals surface area (Å²) in [7, 11) is 0. The first-order chi connectivity index (χ1) is 16.7. The molecule has 3 aromatic heterocycles. The fourth-order valence-electron chi connectivity index (χ4n) is 5.55. The Morgan fingerprint density at radius 1 is 1.09 bits per heavy atom. The molecule has 0 aliphatic heterocycles. The van der Waals surface area contributed by atoms with Gasteiger partial charge in [0.1, 0.15) is 6.54 Å². The number of amides is 1. The number of nitrogens with zero attached hydrogens (tertiary/aromatic N) is 4. The molecule has 0 bridgehead atoms. The van der Waals surface area contributed by atoms with Gasteiger partial charge in [0.2, 0.25) is 5.91 Å². The maximum atomic E-state index is 12.0.